The molecule has 0 amide bonds. The van der Waals surface area contributed by atoms with Crippen LogP contribution in [0.1, 0.15) is 20.3 Å². The molecule has 1 atom stereocenters. The maximum absolute atomic E-state index is 3.42. The van der Waals surface area contributed by atoms with Crippen LogP contribution in [-0.4, -0.2) is 12.6 Å². The normalized spacial score (nSPS) is 22.4. The van der Waals surface area contributed by atoms with Crippen molar-refractivity contribution in [2.75, 3.05) is 12.0 Å². The zero-order valence-electron chi connectivity index (χ0n) is 10.2. The van der Waals surface area contributed by atoms with Gasteiger partial charge in [0.1, 0.15) is 0 Å². The highest BCUT2D eigenvalue weighted by atomic mass is 79.9. The standard InChI is InChI=1S/C13H18BrN3/c1-9-7-11(8-15-9)10(2)16-17-13-5-3-12(14)4-6-13/h3-6,9,15-17H,7-8H2,1-2H3. The van der Waals surface area contributed by atoms with Gasteiger partial charge in [0.2, 0.25) is 0 Å². The maximum Gasteiger partial charge on any atom is 0.0540 e. The summed E-state index contributed by atoms with van der Waals surface area (Å²) in [6.07, 6.45) is 1.13. The Kier molecular flexibility index (Phi) is 4.07. The fourth-order valence-corrected chi connectivity index (χ4v) is 2.15. The second-order valence-electron chi connectivity index (χ2n) is 4.47. The second-order valence-corrected chi connectivity index (χ2v) is 5.39. The summed E-state index contributed by atoms with van der Waals surface area (Å²) in [6.45, 7) is 5.31. The van der Waals surface area contributed by atoms with Gasteiger partial charge in [-0.05, 0) is 50.1 Å². The van der Waals surface area contributed by atoms with Gasteiger partial charge in [0.15, 0.2) is 0 Å². The van der Waals surface area contributed by atoms with E-state index in [1.165, 1.54) is 11.3 Å². The van der Waals surface area contributed by atoms with E-state index in [9.17, 15) is 0 Å². The van der Waals surface area contributed by atoms with Gasteiger partial charge in [-0.25, -0.2) is 0 Å². The van der Waals surface area contributed by atoms with Gasteiger partial charge in [-0.1, -0.05) is 15.9 Å². The van der Waals surface area contributed by atoms with E-state index in [1.54, 1.807) is 0 Å². The van der Waals surface area contributed by atoms with Crippen molar-refractivity contribution in [3.05, 3.63) is 40.0 Å². The third kappa shape index (κ3) is 3.48. The number of halogens is 1. The van der Waals surface area contributed by atoms with Crippen LogP contribution < -0.4 is 16.2 Å². The molecule has 1 saturated heterocycles. The van der Waals surface area contributed by atoms with E-state index in [0.717, 1.165) is 23.1 Å². The number of hydrogen-bond acceptors (Lipinski definition) is 3. The average molecular weight is 296 g/mol. The smallest absolute Gasteiger partial charge is 0.0540 e. The molecule has 1 fully saturated rings. The average Bonchev–Trinajstić information content (AvgIpc) is 2.75. The Labute approximate surface area is 111 Å². The molecule has 3 N–H and O–H groups in total. The summed E-state index contributed by atoms with van der Waals surface area (Å²) in [6, 6.07) is 8.70. The first-order valence-corrected chi connectivity index (χ1v) is 6.64. The highest BCUT2D eigenvalue weighted by Gasteiger charge is 2.15. The van der Waals surface area contributed by atoms with E-state index >= 15 is 0 Å². The molecule has 1 aliphatic heterocycles. The highest BCUT2D eigenvalue weighted by molar-refractivity contribution is 9.10. The first-order valence-electron chi connectivity index (χ1n) is 5.85. The van der Waals surface area contributed by atoms with Crippen LogP contribution in [0.4, 0.5) is 5.69 Å². The summed E-state index contributed by atoms with van der Waals surface area (Å²) in [5.41, 5.74) is 10.2. The van der Waals surface area contributed by atoms with E-state index in [0.29, 0.717) is 6.04 Å². The lowest BCUT2D eigenvalue weighted by Crippen LogP contribution is -2.21. The van der Waals surface area contributed by atoms with Crippen molar-refractivity contribution in [2.24, 2.45) is 0 Å². The molecule has 1 aromatic carbocycles. The minimum atomic E-state index is 0.592. The fourth-order valence-electron chi connectivity index (χ4n) is 1.88. The van der Waals surface area contributed by atoms with E-state index in [-0.39, 0.29) is 0 Å². The lowest BCUT2D eigenvalue weighted by atomic mass is 10.1. The number of allylic oxidation sites excluding steroid dienone is 1. The van der Waals surface area contributed by atoms with Crippen LogP contribution in [0.5, 0.6) is 0 Å². The van der Waals surface area contributed by atoms with Crippen LogP contribution in [0.2, 0.25) is 0 Å². The molecule has 0 aliphatic carbocycles. The molecule has 17 heavy (non-hydrogen) atoms. The molecule has 1 aromatic rings. The number of rotatable bonds is 3. The second kappa shape index (κ2) is 5.56. The topological polar surface area (TPSA) is 36.1 Å². The molecule has 1 aliphatic rings. The van der Waals surface area contributed by atoms with Crippen LogP contribution >= 0.6 is 15.9 Å². The van der Waals surface area contributed by atoms with Crippen molar-refractivity contribution in [2.45, 2.75) is 26.3 Å². The molecular weight excluding hydrogens is 278 g/mol. The Morgan fingerprint density at radius 3 is 2.65 bits per heavy atom. The van der Waals surface area contributed by atoms with Crippen molar-refractivity contribution < 1.29 is 0 Å². The number of nitrogens with one attached hydrogen (secondary N) is 3. The number of hydrogen-bond donors (Lipinski definition) is 3. The van der Waals surface area contributed by atoms with Gasteiger partial charge in [-0.3, -0.25) is 0 Å². The Morgan fingerprint density at radius 2 is 2.06 bits per heavy atom. The van der Waals surface area contributed by atoms with Crippen molar-refractivity contribution >= 4 is 21.6 Å². The monoisotopic (exact) mass is 295 g/mol. The summed E-state index contributed by atoms with van der Waals surface area (Å²) in [5, 5.41) is 3.42. The molecule has 0 aromatic heterocycles. The zero-order valence-corrected chi connectivity index (χ0v) is 11.8. The van der Waals surface area contributed by atoms with Crippen LogP contribution in [0.3, 0.4) is 0 Å². The number of anilines is 1. The summed E-state index contributed by atoms with van der Waals surface area (Å²) in [7, 11) is 0. The maximum atomic E-state index is 3.42. The molecule has 0 spiro atoms. The van der Waals surface area contributed by atoms with Gasteiger partial charge in [0, 0.05) is 22.8 Å². The third-order valence-corrected chi connectivity index (χ3v) is 3.51. The predicted molar refractivity (Wildman–Crippen MR) is 75.7 cm³/mol. The van der Waals surface area contributed by atoms with E-state index < -0.39 is 0 Å². The van der Waals surface area contributed by atoms with Crippen LogP contribution in [0, 0.1) is 0 Å². The first kappa shape index (κ1) is 12.5. The predicted octanol–water partition coefficient (Wildman–Crippen LogP) is 3.02. The minimum absolute atomic E-state index is 0.592. The summed E-state index contributed by atoms with van der Waals surface area (Å²) < 4.78 is 1.09. The lowest BCUT2D eigenvalue weighted by molar-refractivity contribution is 0.666. The van der Waals surface area contributed by atoms with Crippen LogP contribution in [-0.2, 0) is 0 Å². The van der Waals surface area contributed by atoms with E-state index in [4.69, 9.17) is 0 Å². The lowest BCUT2D eigenvalue weighted by Gasteiger charge is -2.12. The molecule has 1 heterocycles. The van der Waals surface area contributed by atoms with Gasteiger partial charge in [-0.2, -0.15) is 0 Å². The molecule has 92 valence electrons. The molecule has 0 bridgehead atoms. The van der Waals surface area contributed by atoms with Crippen molar-refractivity contribution in [3.63, 3.8) is 0 Å². The van der Waals surface area contributed by atoms with Crippen molar-refractivity contribution in [1.82, 2.24) is 10.7 Å². The largest absolute Gasteiger partial charge is 0.310 e. The Morgan fingerprint density at radius 1 is 1.35 bits per heavy atom. The fraction of sp³-hybridized carbons (Fsp3) is 0.385. The minimum Gasteiger partial charge on any atom is -0.310 e. The van der Waals surface area contributed by atoms with Crippen LogP contribution in [0.25, 0.3) is 0 Å². The molecule has 0 radical (unpaired) electrons. The van der Waals surface area contributed by atoms with E-state index in [2.05, 4.69) is 45.9 Å². The van der Waals surface area contributed by atoms with Crippen molar-refractivity contribution in [1.29, 1.82) is 0 Å². The molecule has 3 nitrogen and oxygen atoms in total. The molecule has 2 rings (SSSR count). The number of benzene rings is 1. The van der Waals surface area contributed by atoms with Crippen molar-refractivity contribution in [3.8, 4) is 0 Å². The van der Waals surface area contributed by atoms with E-state index in [1.807, 2.05) is 24.3 Å². The summed E-state index contributed by atoms with van der Waals surface area (Å²) in [5.74, 6) is 0. The summed E-state index contributed by atoms with van der Waals surface area (Å²) in [4.78, 5) is 0. The quantitative estimate of drug-likeness (QED) is 0.750. The van der Waals surface area contributed by atoms with Gasteiger partial charge >= 0.3 is 0 Å². The third-order valence-electron chi connectivity index (χ3n) is 2.99. The number of hydrazine groups is 1. The van der Waals surface area contributed by atoms with Crippen LogP contribution in [0.15, 0.2) is 40.0 Å². The van der Waals surface area contributed by atoms with Gasteiger partial charge in [0.25, 0.3) is 0 Å². The Bertz CT molecular complexity index is 411. The SMILES string of the molecule is CC(NNc1ccc(Br)cc1)=C1CNC(C)C1. The zero-order chi connectivity index (χ0) is 12.3. The van der Waals surface area contributed by atoms with Gasteiger partial charge < -0.3 is 16.2 Å². The Hall–Kier alpha value is -1.00. The molecule has 0 saturated carbocycles. The summed E-state index contributed by atoms with van der Waals surface area (Å²) >= 11 is 3.42. The molecule has 4 heteroatoms. The van der Waals surface area contributed by atoms with Gasteiger partial charge in [0.05, 0.1) is 5.69 Å². The molecule has 1 unspecified atom stereocenters. The first-order chi connectivity index (χ1) is 8.15. The van der Waals surface area contributed by atoms with Gasteiger partial charge in [-0.15, -0.1) is 0 Å². The highest BCUT2D eigenvalue weighted by Crippen LogP contribution is 2.16. The molecular formula is C13H18BrN3. The Balaban J connectivity index is 1.92.